The van der Waals surface area contributed by atoms with Gasteiger partial charge < -0.3 is 11.5 Å². The molecule has 1 aromatic carbocycles. The summed E-state index contributed by atoms with van der Waals surface area (Å²) in [5.74, 6) is 0.254. The molecule has 0 radical (unpaired) electrons. The predicted molar refractivity (Wildman–Crippen MR) is 89.4 cm³/mol. The molecule has 0 unspecified atom stereocenters. The first-order valence-electron chi connectivity index (χ1n) is 7.45. The molecule has 1 saturated carbocycles. The maximum absolute atomic E-state index is 11.9. The zero-order chi connectivity index (χ0) is 16.7. The summed E-state index contributed by atoms with van der Waals surface area (Å²) in [7, 11) is -3.91. The van der Waals surface area contributed by atoms with Crippen molar-refractivity contribution in [2.45, 2.75) is 42.7 Å². The standard InChI is InChI=1S/C14H20N6O2S/c15-12-18-13(16)20(14(19-12)8-4-1-5-9-14)10-6-2-3-7-11(10)23(17,21)22/h2-3,6-7H,1,4-5,8-9H2,(H2,17,21,22)(H4,15,16,18,19). The molecule has 1 aromatic rings. The maximum Gasteiger partial charge on any atom is 0.240 e. The van der Waals surface area contributed by atoms with Crippen molar-refractivity contribution >= 4 is 27.6 Å². The third kappa shape index (κ3) is 2.77. The fourth-order valence-corrected chi connectivity index (χ4v) is 4.07. The van der Waals surface area contributed by atoms with Gasteiger partial charge in [0.2, 0.25) is 21.9 Å². The number of anilines is 1. The molecule has 0 atom stereocenters. The molecule has 0 saturated heterocycles. The maximum atomic E-state index is 11.9. The van der Waals surface area contributed by atoms with Crippen LogP contribution in [0, 0.1) is 0 Å². The number of nitrogens with two attached hydrogens (primary N) is 3. The molecule has 8 nitrogen and oxygen atoms in total. The van der Waals surface area contributed by atoms with Crippen LogP contribution >= 0.6 is 0 Å². The second-order valence-corrected chi connectivity index (χ2v) is 7.36. The normalized spacial score (nSPS) is 21.0. The van der Waals surface area contributed by atoms with Crippen molar-refractivity contribution in [1.29, 1.82) is 0 Å². The number of primary sulfonamides is 1. The average Bonchev–Trinajstić information content (AvgIpc) is 2.46. The Morgan fingerprint density at radius 2 is 1.74 bits per heavy atom. The summed E-state index contributed by atoms with van der Waals surface area (Å²) in [6, 6.07) is 6.47. The highest BCUT2D eigenvalue weighted by molar-refractivity contribution is 7.89. The average molecular weight is 336 g/mol. The summed E-state index contributed by atoms with van der Waals surface area (Å²) in [5, 5.41) is 5.36. The second kappa shape index (κ2) is 5.50. The van der Waals surface area contributed by atoms with Crippen LogP contribution in [-0.2, 0) is 10.0 Å². The quantitative estimate of drug-likeness (QED) is 0.719. The summed E-state index contributed by atoms with van der Waals surface area (Å²) in [4.78, 5) is 10.2. The Labute approximate surface area is 135 Å². The van der Waals surface area contributed by atoms with Crippen LogP contribution in [0.5, 0.6) is 0 Å². The Hall–Kier alpha value is -2.13. The van der Waals surface area contributed by atoms with E-state index in [0.717, 1.165) is 32.1 Å². The molecule has 2 aliphatic rings. The number of nitrogens with zero attached hydrogens (tertiary/aromatic N) is 3. The number of hydrogen-bond donors (Lipinski definition) is 3. The van der Waals surface area contributed by atoms with Gasteiger partial charge in [0.1, 0.15) is 10.6 Å². The Balaban J connectivity index is 2.19. The van der Waals surface area contributed by atoms with E-state index < -0.39 is 15.7 Å². The zero-order valence-electron chi connectivity index (χ0n) is 12.6. The first kappa shape index (κ1) is 15.8. The Morgan fingerprint density at radius 1 is 1.09 bits per heavy atom. The lowest BCUT2D eigenvalue weighted by Crippen LogP contribution is -2.58. The first-order valence-corrected chi connectivity index (χ1v) is 9.00. The number of rotatable bonds is 2. The Kier molecular flexibility index (Phi) is 3.77. The molecule has 0 bridgehead atoms. The van der Waals surface area contributed by atoms with Crippen LogP contribution in [0.4, 0.5) is 5.69 Å². The molecular formula is C14H20N6O2S. The van der Waals surface area contributed by atoms with Crippen molar-refractivity contribution in [2.24, 2.45) is 26.6 Å². The van der Waals surface area contributed by atoms with Crippen LogP contribution in [0.3, 0.4) is 0 Å². The van der Waals surface area contributed by atoms with Gasteiger partial charge in [-0.15, -0.1) is 0 Å². The topological polar surface area (TPSA) is 140 Å². The number of guanidine groups is 2. The molecule has 1 spiro atoms. The fraction of sp³-hybridized carbons (Fsp3) is 0.429. The molecule has 1 heterocycles. The molecule has 0 amide bonds. The minimum Gasteiger partial charge on any atom is -0.369 e. The van der Waals surface area contributed by atoms with E-state index in [0.29, 0.717) is 5.69 Å². The highest BCUT2D eigenvalue weighted by Crippen LogP contribution is 2.41. The second-order valence-electron chi connectivity index (χ2n) is 5.83. The third-order valence-corrected chi connectivity index (χ3v) is 5.22. The lowest BCUT2D eigenvalue weighted by molar-refractivity contribution is 0.305. The van der Waals surface area contributed by atoms with Crippen LogP contribution in [0.15, 0.2) is 39.1 Å². The smallest absolute Gasteiger partial charge is 0.240 e. The van der Waals surface area contributed by atoms with E-state index in [1.165, 1.54) is 6.07 Å². The molecule has 9 heteroatoms. The summed E-state index contributed by atoms with van der Waals surface area (Å²) >= 11 is 0. The number of benzene rings is 1. The fourth-order valence-electron chi connectivity index (χ4n) is 3.35. The third-order valence-electron chi connectivity index (χ3n) is 4.26. The Morgan fingerprint density at radius 3 is 2.39 bits per heavy atom. The number of aliphatic imine (C=N–C) groups is 2. The molecule has 0 aromatic heterocycles. The van der Waals surface area contributed by atoms with Gasteiger partial charge in [-0.05, 0) is 37.8 Å². The van der Waals surface area contributed by atoms with Gasteiger partial charge in [0.25, 0.3) is 0 Å². The molecule has 1 fully saturated rings. The van der Waals surface area contributed by atoms with Gasteiger partial charge in [0.15, 0.2) is 0 Å². The monoisotopic (exact) mass is 336 g/mol. The van der Waals surface area contributed by atoms with Gasteiger partial charge in [-0.25, -0.2) is 18.5 Å². The van der Waals surface area contributed by atoms with Crippen LogP contribution in [0.2, 0.25) is 0 Å². The van der Waals surface area contributed by atoms with Crippen molar-refractivity contribution in [3.63, 3.8) is 0 Å². The summed E-state index contributed by atoms with van der Waals surface area (Å²) < 4.78 is 23.9. The molecular weight excluding hydrogens is 316 g/mol. The van der Waals surface area contributed by atoms with Crippen LogP contribution < -0.4 is 21.5 Å². The number of para-hydroxylation sites is 1. The summed E-state index contributed by atoms with van der Waals surface area (Å²) in [6.45, 7) is 0. The van der Waals surface area contributed by atoms with E-state index in [-0.39, 0.29) is 16.8 Å². The minimum atomic E-state index is -3.91. The lowest BCUT2D eigenvalue weighted by atomic mass is 9.87. The largest absolute Gasteiger partial charge is 0.369 e. The summed E-state index contributed by atoms with van der Waals surface area (Å²) in [5.41, 5.74) is 11.6. The summed E-state index contributed by atoms with van der Waals surface area (Å²) in [6.07, 6.45) is 4.46. The van der Waals surface area contributed by atoms with Crippen LogP contribution in [-0.4, -0.2) is 26.0 Å². The molecule has 6 N–H and O–H groups in total. The van der Waals surface area contributed by atoms with E-state index in [1.807, 2.05) is 0 Å². The highest BCUT2D eigenvalue weighted by atomic mass is 32.2. The van der Waals surface area contributed by atoms with Gasteiger partial charge in [-0.1, -0.05) is 18.6 Å². The van der Waals surface area contributed by atoms with E-state index in [2.05, 4.69) is 9.98 Å². The number of sulfonamides is 1. The lowest BCUT2D eigenvalue weighted by Gasteiger charge is -2.46. The van der Waals surface area contributed by atoms with Crippen molar-refractivity contribution in [3.8, 4) is 0 Å². The van der Waals surface area contributed by atoms with E-state index in [9.17, 15) is 8.42 Å². The van der Waals surface area contributed by atoms with Gasteiger partial charge in [0, 0.05) is 0 Å². The van der Waals surface area contributed by atoms with Crippen molar-refractivity contribution in [2.75, 3.05) is 4.90 Å². The predicted octanol–water partition coefficient (Wildman–Crippen LogP) is 0.444. The van der Waals surface area contributed by atoms with Gasteiger partial charge in [-0.3, -0.25) is 4.90 Å². The molecule has 124 valence electrons. The molecule has 1 aliphatic heterocycles. The zero-order valence-corrected chi connectivity index (χ0v) is 13.5. The van der Waals surface area contributed by atoms with Crippen molar-refractivity contribution in [3.05, 3.63) is 24.3 Å². The Bertz CT molecular complexity index is 780. The van der Waals surface area contributed by atoms with Gasteiger partial charge in [0.05, 0.1) is 5.69 Å². The highest BCUT2D eigenvalue weighted by Gasteiger charge is 2.43. The van der Waals surface area contributed by atoms with E-state index >= 15 is 0 Å². The minimum absolute atomic E-state index is 0.00114. The first-order chi connectivity index (χ1) is 10.8. The number of hydrogen-bond acceptors (Lipinski definition) is 7. The molecule has 1 aliphatic carbocycles. The van der Waals surface area contributed by atoms with E-state index in [1.54, 1.807) is 23.1 Å². The van der Waals surface area contributed by atoms with E-state index in [4.69, 9.17) is 16.6 Å². The van der Waals surface area contributed by atoms with Crippen LogP contribution in [0.25, 0.3) is 0 Å². The van der Waals surface area contributed by atoms with Crippen LogP contribution in [0.1, 0.15) is 32.1 Å². The molecule has 23 heavy (non-hydrogen) atoms. The van der Waals surface area contributed by atoms with Crippen molar-refractivity contribution < 1.29 is 8.42 Å². The van der Waals surface area contributed by atoms with Gasteiger partial charge >= 0.3 is 0 Å². The molecule has 3 rings (SSSR count). The van der Waals surface area contributed by atoms with Gasteiger partial charge in [-0.2, -0.15) is 4.99 Å². The SMILES string of the molecule is NC1=NC2(CCCCC2)N(c2ccccc2S(N)(=O)=O)C(N)=N1. The van der Waals surface area contributed by atoms with Crippen molar-refractivity contribution in [1.82, 2.24) is 0 Å².